The Hall–Kier alpha value is -3.45. The first kappa shape index (κ1) is 14.7. The SMILES string of the molecule is CC(=O)c1cccc2c1ccc1c3c(ccc12)-c1cccc2cccc-3c12. The first-order valence-electron chi connectivity index (χ1n) is 9.26. The van der Waals surface area contributed by atoms with Crippen LogP contribution in [0, 0.1) is 0 Å². The molecule has 0 aromatic heterocycles. The summed E-state index contributed by atoms with van der Waals surface area (Å²) < 4.78 is 0. The fourth-order valence-corrected chi connectivity index (χ4v) is 4.77. The zero-order valence-electron chi connectivity index (χ0n) is 14.9. The number of carbonyl (C=O) groups is 1. The Morgan fingerprint density at radius 1 is 0.593 bits per heavy atom. The molecule has 0 amide bonds. The van der Waals surface area contributed by atoms with Crippen molar-refractivity contribution in [2.24, 2.45) is 0 Å². The van der Waals surface area contributed by atoms with E-state index in [-0.39, 0.29) is 5.78 Å². The summed E-state index contributed by atoms with van der Waals surface area (Å²) in [4.78, 5) is 12.1. The smallest absolute Gasteiger partial charge is 0.160 e. The van der Waals surface area contributed by atoms with Gasteiger partial charge in [0, 0.05) is 5.56 Å². The normalized spacial score (nSPS) is 12.0. The highest BCUT2D eigenvalue weighted by Gasteiger charge is 2.23. The van der Waals surface area contributed by atoms with Crippen LogP contribution in [0.4, 0.5) is 0 Å². The van der Waals surface area contributed by atoms with Crippen molar-refractivity contribution >= 4 is 38.1 Å². The number of fused-ring (bicyclic) bond motifs is 7. The molecule has 1 heteroatoms. The molecular weight excluding hydrogens is 328 g/mol. The minimum Gasteiger partial charge on any atom is -0.294 e. The van der Waals surface area contributed by atoms with Crippen LogP contribution in [0.15, 0.2) is 78.9 Å². The molecule has 5 aromatic carbocycles. The van der Waals surface area contributed by atoms with E-state index in [9.17, 15) is 4.79 Å². The monoisotopic (exact) mass is 344 g/mol. The molecule has 0 spiro atoms. The quantitative estimate of drug-likeness (QED) is 0.232. The summed E-state index contributed by atoms with van der Waals surface area (Å²) in [7, 11) is 0. The van der Waals surface area contributed by atoms with Crippen LogP contribution in [-0.4, -0.2) is 5.78 Å². The lowest BCUT2D eigenvalue weighted by atomic mass is 9.91. The maximum absolute atomic E-state index is 12.1. The van der Waals surface area contributed by atoms with Crippen LogP contribution in [0.25, 0.3) is 54.6 Å². The third-order valence-corrected chi connectivity index (χ3v) is 5.90. The molecule has 1 aliphatic carbocycles. The van der Waals surface area contributed by atoms with Gasteiger partial charge in [-0.3, -0.25) is 4.79 Å². The van der Waals surface area contributed by atoms with Crippen LogP contribution >= 0.6 is 0 Å². The average Bonchev–Trinajstić information content (AvgIpc) is 3.03. The van der Waals surface area contributed by atoms with E-state index < -0.39 is 0 Å². The van der Waals surface area contributed by atoms with E-state index in [0.717, 1.165) is 16.3 Å². The van der Waals surface area contributed by atoms with E-state index >= 15 is 0 Å². The molecule has 0 radical (unpaired) electrons. The van der Waals surface area contributed by atoms with Crippen LogP contribution in [-0.2, 0) is 0 Å². The molecule has 0 fully saturated rings. The molecule has 0 N–H and O–H groups in total. The Kier molecular flexibility index (Phi) is 2.75. The summed E-state index contributed by atoms with van der Waals surface area (Å²) in [5.41, 5.74) is 6.04. The Labute approximate surface area is 156 Å². The van der Waals surface area contributed by atoms with Crippen molar-refractivity contribution in [3.63, 3.8) is 0 Å². The van der Waals surface area contributed by atoms with Crippen molar-refractivity contribution < 1.29 is 4.79 Å². The van der Waals surface area contributed by atoms with E-state index in [1.807, 2.05) is 12.1 Å². The van der Waals surface area contributed by atoms with Gasteiger partial charge < -0.3 is 0 Å². The molecule has 0 heterocycles. The van der Waals surface area contributed by atoms with Crippen molar-refractivity contribution in [3.8, 4) is 22.3 Å². The lowest BCUT2D eigenvalue weighted by Gasteiger charge is -2.11. The summed E-state index contributed by atoms with van der Waals surface area (Å²) in [6.07, 6.45) is 0. The predicted octanol–water partition coefficient (Wildman–Crippen LogP) is 7.00. The predicted molar refractivity (Wildman–Crippen MR) is 113 cm³/mol. The number of Topliss-reactive ketones (excluding diaryl/α,β-unsaturated/α-hetero) is 1. The second-order valence-electron chi connectivity index (χ2n) is 7.31. The van der Waals surface area contributed by atoms with Gasteiger partial charge in [0.15, 0.2) is 5.78 Å². The molecule has 0 atom stereocenters. The highest BCUT2D eigenvalue weighted by Crippen LogP contribution is 2.50. The highest BCUT2D eigenvalue weighted by atomic mass is 16.1. The van der Waals surface area contributed by atoms with E-state index in [1.165, 1.54) is 43.8 Å². The van der Waals surface area contributed by atoms with E-state index in [2.05, 4.69) is 66.7 Å². The third kappa shape index (κ3) is 1.81. The standard InChI is InChI=1S/C26H16O/c1-15(27)17-7-4-8-18-19(17)11-13-22-20(18)12-14-23-21-9-2-5-16-6-3-10-24(25(16)21)26(22)23/h2-14H,1H3. The second-order valence-corrected chi connectivity index (χ2v) is 7.31. The van der Waals surface area contributed by atoms with Crippen LogP contribution in [0.1, 0.15) is 17.3 Å². The molecular formula is C26H16O. The molecule has 0 aliphatic heterocycles. The first-order chi connectivity index (χ1) is 13.2. The molecule has 0 saturated carbocycles. The number of hydrogen-bond donors (Lipinski definition) is 0. The van der Waals surface area contributed by atoms with Gasteiger partial charge in [-0.1, -0.05) is 78.9 Å². The average molecular weight is 344 g/mol. The summed E-state index contributed by atoms with van der Waals surface area (Å²) in [6.45, 7) is 1.64. The molecule has 1 aliphatic rings. The van der Waals surface area contributed by atoms with Gasteiger partial charge in [0.05, 0.1) is 0 Å². The van der Waals surface area contributed by atoms with Crippen molar-refractivity contribution in [1.29, 1.82) is 0 Å². The van der Waals surface area contributed by atoms with E-state index in [4.69, 9.17) is 0 Å². The minimum absolute atomic E-state index is 0.110. The Bertz CT molecular complexity index is 1430. The molecule has 1 nitrogen and oxygen atoms in total. The number of carbonyl (C=O) groups excluding carboxylic acids is 1. The van der Waals surface area contributed by atoms with Gasteiger partial charge in [-0.2, -0.15) is 0 Å². The molecule has 6 rings (SSSR count). The Morgan fingerprint density at radius 3 is 2.07 bits per heavy atom. The van der Waals surface area contributed by atoms with Crippen LogP contribution in [0.5, 0.6) is 0 Å². The van der Waals surface area contributed by atoms with Gasteiger partial charge >= 0.3 is 0 Å². The number of rotatable bonds is 1. The molecule has 0 bridgehead atoms. The zero-order chi connectivity index (χ0) is 18.1. The summed E-state index contributed by atoms with van der Waals surface area (Å²) in [6, 6.07) is 27.9. The second kappa shape index (κ2) is 5.05. The molecule has 0 saturated heterocycles. The van der Waals surface area contributed by atoms with Crippen molar-refractivity contribution in [1.82, 2.24) is 0 Å². The topological polar surface area (TPSA) is 17.1 Å². The Balaban J connectivity index is 1.80. The van der Waals surface area contributed by atoms with Crippen molar-refractivity contribution in [2.75, 3.05) is 0 Å². The summed E-state index contributed by atoms with van der Waals surface area (Å²) in [5, 5.41) is 7.27. The zero-order valence-corrected chi connectivity index (χ0v) is 14.9. The molecule has 27 heavy (non-hydrogen) atoms. The maximum Gasteiger partial charge on any atom is 0.160 e. The van der Waals surface area contributed by atoms with Crippen molar-refractivity contribution in [2.45, 2.75) is 6.92 Å². The third-order valence-electron chi connectivity index (χ3n) is 5.90. The van der Waals surface area contributed by atoms with E-state index in [1.54, 1.807) is 6.92 Å². The number of hydrogen-bond acceptors (Lipinski definition) is 1. The van der Waals surface area contributed by atoms with Gasteiger partial charge in [-0.15, -0.1) is 0 Å². The molecule has 5 aromatic rings. The lowest BCUT2D eigenvalue weighted by molar-refractivity contribution is 0.101. The molecule has 126 valence electrons. The number of ketones is 1. The summed E-state index contributed by atoms with van der Waals surface area (Å²) >= 11 is 0. The first-order valence-corrected chi connectivity index (χ1v) is 9.26. The van der Waals surface area contributed by atoms with Gasteiger partial charge in [-0.05, 0) is 61.5 Å². The largest absolute Gasteiger partial charge is 0.294 e. The maximum atomic E-state index is 12.1. The highest BCUT2D eigenvalue weighted by molar-refractivity contribution is 6.25. The van der Waals surface area contributed by atoms with Gasteiger partial charge in [0.25, 0.3) is 0 Å². The lowest BCUT2D eigenvalue weighted by Crippen LogP contribution is -1.93. The van der Waals surface area contributed by atoms with E-state index in [0.29, 0.717) is 0 Å². The van der Waals surface area contributed by atoms with Gasteiger partial charge in [0.1, 0.15) is 0 Å². The fourth-order valence-electron chi connectivity index (χ4n) is 4.77. The summed E-state index contributed by atoms with van der Waals surface area (Å²) in [5.74, 6) is 0.110. The fraction of sp³-hybridized carbons (Fsp3) is 0.0385. The van der Waals surface area contributed by atoms with Crippen molar-refractivity contribution in [3.05, 3.63) is 84.4 Å². The van der Waals surface area contributed by atoms with Gasteiger partial charge in [-0.25, -0.2) is 0 Å². The van der Waals surface area contributed by atoms with Gasteiger partial charge in [0.2, 0.25) is 0 Å². The molecule has 0 unspecified atom stereocenters. The Morgan fingerprint density at radius 2 is 1.26 bits per heavy atom. The van der Waals surface area contributed by atoms with Crippen LogP contribution < -0.4 is 0 Å². The van der Waals surface area contributed by atoms with Crippen LogP contribution in [0.3, 0.4) is 0 Å². The number of benzene rings is 5. The van der Waals surface area contributed by atoms with Crippen LogP contribution in [0.2, 0.25) is 0 Å². The minimum atomic E-state index is 0.110.